The Balaban J connectivity index is 2.17. The predicted molar refractivity (Wildman–Crippen MR) is 90.0 cm³/mol. The van der Waals surface area contributed by atoms with Crippen molar-refractivity contribution in [2.24, 2.45) is 0 Å². The zero-order valence-corrected chi connectivity index (χ0v) is 13.9. The number of rotatable bonds is 8. The van der Waals surface area contributed by atoms with Crippen LogP contribution in [0, 0.1) is 0 Å². The fraction of sp³-hybridized carbons (Fsp3) is 0.529. The molecule has 1 N–H and O–H groups in total. The van der Waals surface area contributed by atoms with Crippen molar-refractivity contribution in [3.8, 4) is 0 Å². The van der Waals surface area contributed by atoms with Gasteiger partial charge in [-0.3, -0.25) is 0 Å². The lowest BCUT2D eigenvalue weighted by atomic mass is 10.1. The quantitative estimate of drug-likeness (QED) is 0.780. The summed E-state index contributed by atoms with van der Waals surface area (Å²) in [5, 5.41) is 5.27. The van der Waals surface area contributed by atoms with Crippen LogP contribution >= 0.6 is 11.6 Å². The minimum Gasteiger partial charge on any atom is -0.458 e. The van der Waals surface area contributed by atoms with E-state index >= 15 is 0 Å². The number of benzene rings is 1. The molecule has 1 unspecified atom stereocenters. The van der Waals surface area contributed by atoms with Crippen LogP contribution in [-0.4, -0.2) is 31.1 Å². The predicted octanol–water partition coefficient (Wildman–Crippen LogP) is 4.47. The lowest BCUT2D eigenvalue weighted by Gasteiger charge is -2.22. The Hall–Kier alpha value is -1.03. The summed E-state index contributed by atoms with van der Waals surface area (Å²) >= 11 is 6.20. The molecule has 0 spiro atoms. The molecule has 4 heteroatoms. The summed E-state index contributed by atoms with van der Waals surface area (Å²) in [4.78, 5) is 2.43. The number of fused-ring (bicyclic) bond motifs is 1. The highest BCUT2D eigenvalue weighted by Gasteiger charge is 2.17. The number of nitrogens with zero attached hydrogens (tertiary/aromatic N) is 1. The third kappa shape index (κ3) is 4.00. The lowest BCUT2D eigenvalue weighted by Crippen LogP contribution is -2.29. The van der Waals surface area contributed by atoms with Crippen molar-refractivity contribution < 1.29 is 4.42 Å². The van der Waals surface area contributed by atoms with E-state index in [-0.39, 0.29) is 6.04 Å². The summed E-state index contributed by atoms with van der Waals surface area (Å²) in [6.07, 6.45) is 1.03. The highest BCUT2D eigenvalue weighted by Crippen LogP contribution is 2.30. The van der Waals surface area contributed by atoms with Crippen LogP contribution < -0.4 is 5.32 Å². The molecule has 21 heavy (non-hydrogen) atoms. The topological polar surface area (TPSA) is 28.4 Å². The summed E-state index contributed by atoms with van der Waals surface area (Å²) in [5.74, 6) is 0.979. The molecule has 0 aliphatic heterocycles. The van der Waals surface area contributed by atoms with Gasteiger partial charge in [-0.15, -0.1) is 0 Å². The van der Waals surface area contributed by atoms with Crippen molar-refractivity contribution in [3.63, 3.8) is 0 Å². The Morgan fingerprint density at radius 1 is 1.24 bits per heavy atom. The number of nitrogens with one attached hydrogen (secondary N) is 1. The third-order valence-corrected chi connectivity index (χ3v) is 4.24. The van der Waals surface area contributed by atoms with Crippen LogP contribution in [0.5, 0.6) is 0 Å². The van der Waals surface area contributed by atoms with Gasteiger partial charge in [-0.2, -0.15) is 0 Å². The summed E-state index contributed by atoms with van der Waals surface area (Å²) in [6.45, 7) is 10.7. The molecule has 0 aliphatic carbocycles. The van der Waals surface area contributed by atoms with Gasteiger partial charge >= 0.3 is 0 Å². The smallest absolute Gasteiger partial charge is 0.152 e. The first kappa shape index (κ1) is 16.3. The third-order valence-electron chi connectivity index (χ3n) is 3.94. The molecule has 1 aromatic heterocycles. The SMILES string of the molecule is CCNC(CCN(CC)CC)c1cc2cccc(Cl)c2o1. The Bertz CT molecular complexity index is 563. The van der Waals surface area contributed by atoms with Crippen molar-refractivity contribution >= 4 is 22.6 Å². The van der Waals surface area contributed by atoms with E-state index in [1.54, 1.807) is 0 Å². The first-order valence-corrected chi connectivity index (χ1v) is 8.21. The first-order chi connectivity index (χ1) is 10.2. The number of furan rings is 1. The molecule has 0 amide bonds. The van der Waals surface area contributed by atoms with E-state index in [0.717, 1.165) is 49.3 Å². The van der Waals surface area contributed by atoms with Crippen molar-refractivity contribution in [1.29, 1.82) is 0 Å². The van der Waals surface area contributed by atoms with Crippen molar-refractivity contribution in [2.75, 3.05) is 26.2 Å². The van der Waals surface area contributed by atoms with Crippen LogP contribution in [0.15, 0.2) is 28.7 Å². The van der Waals surface area contributed by atoms with Crippen LogP contribution in [0.4, 0.5) is 0 Å². The minimum atomic E-state index is 0.235. The number of halogens is 1. The minimum absolute atomic E-state index is 0.235. The zero-order chi connectivity index (χ0) is 15.2. The van der Waals surface area contributed by atoms with E-state index in [1.807, 2.05) is 18.2 Å². The van der Waals surface area contributed by atoms with Gasteiger partial charge in [-0.1, -0.05) is 44.5 Å². The molecular formula is C17H25ClN2O. The van der Waals surface area contributed by atoms with E-state index in [9.17, 15) is 0 Å². The van der Waals surface area contributed by atoms with Crippen molar-refractivity contribution in [1.82, 2.24) is 10.2 Å². The van der Waals surface area contributed by atoms with Gasteiger partial charge in [-0.25, -0.2) is 0 Å². The summed E-state index contributed by atoms with van der Waals surface area (Å²) < 4.78 is 6.00. The monoisotopic (exact) mass is 308 g/mol. The van der Waals surface area contributed by atoms with Gasteiger partial charge in [0.1, 0.15) is 5.76 Å². The van der Waals surface area contributed by atoms with Gasteiger partial charge in [0.25, 0.3) is 0 Å². The molecule has 1 heterocycles. The van der Waals surface area contributed by atoms with E-state index in [4.69, 9.17) is 16.0 Å². The van der Waals surface area contributed by atoms with Crippen molar-refractivity contribution in [3.05, 3.63) is 35.0 Å². The molecule has 2 rings (SSSR count). The second kappa shape index (κ2) is 7.83. The first-order valence-electron chi connectivity index (χ1n) is 7.83. The van der Waals surface area contributed by atoms with Crippen LogP contribution in [0.2, 0.25) is 5.02 Å². The fourth-order valence-corrected chi connectivity index (χ4v) is 2.88. The van der Waals surface area contributed by atoms with Gasteiger partial charge in [0.2, 0.25) is 0 Å². The molecule has 0 bridgehead atoms. The second-order valence-electron chi connectivity index (χ2n) is 5.23. The maximum atomic E-state index is 6.20. The molecule has 0 saturated heterocycles. The summed E-state index contributed by atoms with van der Waals surface area (Å²) in [5.41, 5.74) is 0.792. The molecule has 0 saturated carbocycles. The average Bonchev–Trinajstić information content (AvgIpc) is 2.92. The van der Waals surface area contributed by atoms with E-state index in [0.29, 0.717) is 5.02 Å². The van der Waals surface area contributed by atoms with E-state index in [2.05, 4.69) is 37.1 Å². The largest absolute Gasteiger partial charge is 0.458 e. The molecule has 116 valence electrons. The molecule has 0 aliphatic rings. The number of hydrogen-bond donors (Lipinski definition) is 1. The van der Waals surface area contributed by atoms with Gasteiger partial charge in [0.15, 0.2) is 5.58 Å². The Kier molecular flexibility index (Phi) is 6.09. The molecular weight excluding hydrogens is 284 g/mol. The highest BCUT2D eigenvalue weighted by molar-refractivity contribution is 6.34. The summed E-state index contributed by atoms with van der Waals surface area (Å²) in [6, 6.07) is 8.22. The maximum absolute atomic E-state index is 6.20. The van der Waals surface area contributed by atoms with Gasteiger partial charge in [-0.05, 0) is 38.2 Å². The van der Waals surface area contributed by atoms with E-state index in [1.165, 1.54) is 0 Å². The number of para-hydroxylation sites is 1. The van der Waals surface area contributed by atoms with Crippen LogP contribution in [0.3, 0.4) is 0 Å². The maximum Gasteiger partial charge on any atom is 0.152 e. The Labute approximate surface area is 132 Å². The molecule has 1 atom stereocenters. The van der Waals surface area contributed by atoms with Gasteiger partial charge in [0, 0.05) is 11.9 Å². The van der Waals surface area contributed by atoms with Gasteiger partial charge < -0.3 is 14.6 Å². The Morgan fingerprint density at radius 2 is 2.00 bits per heavy atom. The van der Waals surface area contributed by atoms with Crippen LogP contribution in [0.1, 0.15) is 39.0 Å². The average molecular weight is 309 g/mol. The zero-order valence-electron chi connectivity index (χ0n) is 13.2. The van der Waals surface area contributed by atoms with Crippen LogP contribution in [0.25, 0.3) is 11.0 Å². The molecule has 2 aromatic rings. The normalized spacial score (nSPS) is 13.2. The second-order valence-corrected chi connectivity index (χ2v) is 5.64. The highest BCUT2D eigenvalue weighted by atomic mass is 35.5. The van der Waals surface area contributed by atoms with E-state index < -0.39 is 0 Å². The molecule has 3 nitrogen and oxygen atoms in total. The van der Waals surface area contributed by atoms with Gasteiger partial charge in [0.05, 0.1) is 11.1 Å². The fourth-order valence-electron chi connectivity index (χ4n) is 2.66. The van der Waals surface area contributed by atoms with Crippen LogP contribution in [-0.2, 0) is 0 Å². The molecule has 0 fully saturated rings. The lowest BCUT2D eigenvalue weighted by molar-refractivity contribution is 0.274. The Morgan fingerprint density at radius 3 is 2.62 bits per heavy atom. The molecule has 1 aromatic carbocycles. The molecule has 0 radical (unpaired) electrons. The number of hydrogen-bond acceptors (Lipinski definition) is 3. The standard InChI is InChI=1S/C17H25ClN2O/c1-4-19-15(10-11-20(5-2)6-3)16-12-13-8-7-9-14(18)17(13)21-16/h7-9,12,15,19H,4-6,10-11H2,1-3H3. The summed E-state index contributed by atoms with van der Waals surface area (Å²) in [7, 11) is 0. The van der Waals surface area contributed by atoms with Crippen molar-refractivity contribution in [2.45, 2.75) is 33.2 Å².